The maximum atomic E-state index is 6.17. The van der Waals surface area contributed by atoms with E-state index in [9.17, 15) is 0 Å². The molecule has 1 heterocycles. The van der Waals surface area contributed by atoms with E-state index in [-0.39, 0.29) is 5.60 Å². The van der Waals surface area contributed by atoms with E-state index in [1.165, 1.54) is 51.4 Å². The zero-order chi connectivity index (χ0) is 12.8. The Hall–Kier alpha value is -0.340. The summed E-state index contributed by atoms with van der Waals surface area (Å²) in [5.74, 6) is 0. The molecule has 0 spiro atoms. The smallest absolute Gasteiger partial charge is 0.0845 e. The first-order valence-corrected chi connectivity index (χ1v) is 7.82. The largest absolute Gasteiger partial charge is 0.373 e. The lowest BCUT2D eigenvalue weighted by Crippen LogP contribution is -2.53. The molecule has 2 heteroatoms. The number of hydrogen-bond acceptors (Lipinski definition) is 2. The van der Waals surface area contributed by atoms with Crippen molar-refractivity contribution in [1.82, 2.24) is 5.32 Å². The minimum atomic E-state index is 0.0244. The van der Waals surface area contributed by atoms with Gasteiger partial charge in [0.25, 0.3) is 0 Å². The fourth-order valence-corrected chi connectivity index (χ4v) is 3.34. The van der Waals surface area contributed by atoms with Crippen molar-refractivity contribution >= 4 is 0 Å². The number of rotatable bonds is 5. The van der Waals surface area contributed by atoms with Crippen LogP contribution in [0, 0.1) is 0 Å². The summed E-state index contributed by atoms with van der Waals surface area (Å²) in [7, 11) is 0. The summed E-state index contributed by atoms with van der Waals surface area (Å²) in [6.07, 6.45) is 12.7. The van der Waals surface area contributed by atoms with Crippen LogP contribution in [0.25, 0.3) is 0 Å². The van der Waals surface area contributed by atoms with E-state index in [1.54, 1.807) is 5.57 Å². The molecule has 2 unspecified atom stereocenters. The lowest BCUT2D eigenvalue weighted by Gasteiger charge is -2.43. The molecule has 0 aromatic carbocycles. The van der Waals surface area contributed by atoms with Crippen LogP contribution in [0.2, 0.25) is 0 Å². The van der Waals surface area contributed by atoms with E-state index in [2.05, 4.69) is 25.2 Å². The van der Waals surface area contributed by atoms with Gasteiger partial charge in [-0.15, -0.1) is 0 Å². The number of hydrogen-bond donors (Lipinski definition) is 1. The van der Waals surface area contributed by atoms with Crippen molar-refractivity contribution in [1.29, 1.82) is 0 Å². The topological polar surface area (TPSA) is 21.3 Å². The summed E-state index contributed by atoms with van der Waals surface area (Å²) in [5.41, 5.74) is 1.63. The van der Waals surface area contributed by atoms with Crippen LogP contribution in [0.5, 0.6) is 0 Å². The molecule has 0 aromatic heterocycles. The van der Waals surface area contributed by atoms with E-state index in [0.29, 0.717) is 6.04 Å². The van der Waals surface area contributed by atoms with E-state index in [0.717, 1.165) is 13.2 Å². The lowest BCUT2D eigenvalue weighted by molar-refractivity contribution is -0.0816. The van der Waals surface area contributed by atoms with Crippen molar-refractivity contribution in [2.75, 3.05) is 13.2 Å². The Morgan fingerprint density at radius 1 is 1.33 bits per heavy atom. The standard InChI is InChI=1S/C16H29NO/c1-3-12-17-15(14-9-5-4-6-10-14)16(2)11-7-8-13-18-16/h9,15,17H,3-8,10-13H2,1-2H3. The van der Waals surface area contributed by atoms with E-state index in [4.69, 9.17) is 4.74 Å². The Morgan fingerprint density at radius 3 is 2.83 bits per heavy atom. The summed E-state index contributed by atoms with van der Waals surface area (Å²) >= 11 is 0. The van der Waals surface area contributed by atoms with Gasteiger partial charge in [-0.3, -0.25) is 0 Å². The van der Waals surface area contributed by atoms with Gasteiger partial charge in [-0.2, -0.15) is 0 Å². The van der Waals surface area contributed by atoms with Gasteiger partial charge in [0.15, 0.2) is 0 Å². The number of ether oxygens (including phenoxy) is 1. The minimum Gasteiger partial charge on any atom is -0.373 e. The van der Waals surface area contributed by atoms with Gasteiger partial charge in [0.1, 0.15) is 0 Å². The highest BCUT2D eigenvalue weighted by Crippen LogP contribution is 2.34. The fraction of sp³-hybridized carbons (Fsp3) is 0.875. The van der Waals surface area contributed by atoms with Crippen molar-refractivity contribution in [3.63, 3.8) is 0 Å². The molecule has 1 aliphatic carbocycles. The van der Waals surface area contributed by atoms with Gasteiger partial charge < -0.3 is 10.1 Å². The molecule has 2 nitrogen and oxygen atoms in total. The lowest BCUT2D eigenvalue weighted by atomic mass is 9.80. The Balaban J connectivity index is 2.09. The molecule has 1 aliphatic heterocycles. The van der Waals surface area contributed by atoms with Gasteiger partial charge in [0.2, 0.25) is 0 Å². The molecule has 2 aliphatic rings. The predicted molar refractivity (Wildman–Crippen MR) is 76.8 cm³/mol. The fourth-order valence-electron chi connectivity index (χ4n) is 3.34. The summed E-state index contributed by atoms with van der Waals surface area (Å²) in [5, 5.41) is 3.76. The zero-order valence-electron chi connectivity index (χ0n) is 12.1. The van der Waals surface area contributed by atoms with Gasteiger partial charge in [-0.1, -0.05) is 18.6 Å². The second kappa shape index (κ2) is 6.72. The minimum absolute atomic E-state index is 0.0244. The van der Waals surface area contributed by atoms with Crippen LogP contribution in [0.1, 0.15) is 65.2 Å². The molecule has 2 atom stereocenters. The van der Waals surface area contributed by atoms with Crippen LogP contribution in [0.3, 0.4) is 0 Å². The molecule has 1 fully saturated rings. The third kappa shape index (κ3) is 3.36. The third-order valence-electron chi connectivity index (χ3n) is 4.41. The highest BCUT2D eigenvalue weighted by Gasteiger charge is 2.38. The van der Waals surface area contributed by atoms with Crippen LogP contribution < -0.4 is 5.32 Å². The highest BCUT2D eigenvalue weighted by molar-refractivity contribution is 5.19. The molecule has 1 N–H and O–H groups in total. The molecule has 0 saturated carbocycles. The maximum Gasteiger partial charge on any atom is 0.0845 e. The average Bonchev–Trinajstić information content (AvgIpc) is 2.41. The van der Waals surface area contributed by atoms with Crippen molar-refractivity contribution < 1.29 is 4.74 Å². The first-order chi connectivity index (χ1) is 8.76. The Labute approximate surface area is 112 Å². The normalized spacial score (nSPS) is 30.9. The van der Waals surface area contributed by atoms with Gasteiger partial charge in [-0.05, 0) is 64.8 Å². The van der Waals surface area contributed by atoms with Crippen molar-refractivity contribution in [3.05, 3.63) is 11.6 Å². The SMILES string of the molecule is CCCNC(C1=CCCCC1)C1(C)CCCCO1. The van der Waals surface area contributed by atoms with Crippen LogP contribution in [0.15, 0.2) is 11.6 Å². The molecule has 1 saturated heterocycles. The molecule has 104 valence electrons. The quantitative estimate of drug-likeness (QED) is 0.750. The monoisotopic (exact) mass is 251 g/mol. The number of allylic oxidation sites excluding steroid dienone is 1. The van der Waals surface area contributed by atoms with Crippen LogP contribution in [-0.4, -0.2) is 24.8 Å². The van der Waals surface area contributed by atoms with Crippen LogP contribution in [0.4, 0.5) is 0 Å². The second-order valence-electron chi connectivity index (χ2n) is 6.03. The molecule has 18 heavy (non-hydrogen) atoms. The van der Waals surface area contributed by atoms with Crippen molar-refractivity contribution in [2.24, 2.45) is 0 Å². The van der Waals surface area contributed by atoms with Crippen LogP contribution in [-0.2, 0) is 4.74 Å². The Morgan fingerprint density at radius 2 is 2.22 bits per heavy atom. The van der Waals surface area contributed by atoms with Gasteiger partial charge in [-0.25, -0.2) is 0 Å². The Kier molecular flexibility index (Phi) is 5.25. The summed E-state index contributed by atoms with van der Waals surface area (Å²) in [6, 6.07) is 0.443. The molecule has 0 bridgehead atoms. The van der Waals surface area contributed by atoms with Crippen molar-refractivity contribution in [3.8, 4) is 0 Å². The second-order valence-corrected chi connectivity index (χ2v) is 6.03. The summed E-state index contributed by atoms with van der Waals surface area (Å²) < 4.78 is 6.17. The summed E-state index contributed by atoms with van der Waals surface area (Å²) in [6.45, 7) is 6.59. The van der Waals surface area contributed by atoms with E-state index in [1.807, 2.05) is 0 Å². The third-order valence-corrected chi connectivity index (χ3v) is 4.41. The molecule has 0 radical (unpaired) electrons. The first kappa shape index (κ1) is 14.1. The predicted octanol–water partition coefficient (Wildman–Crippen LogP) is 3.81. The van der Waals surface area contributed by atoms with E-state index >= 15 is 0 Å². The molecular formula is C16H29NO. The molecule has 0 aromatic rings. The van der Waals surface area contributed by atoms with Gasteiger partial charge >= 0.3 is 0 Å². The first-order valence-electron chi connectivity index (χ1n) is 7.82. The van der Waals surface area contributed by atoms with Gasteiger partial charge in [0.05, 0.1) is 11.6 Å². The number of nitrogens with one attached hydrogen (secondary N) is 1. The highest BCUT2D eigenvalue weighted by atomic mass is 16.5. The molecule has 2 rings (SSSR count). The average molecular weight is 251 g/mol. The van der Waals surface area contributed by atoms with Crippen LogP contribution >= 0.6 is 0 Å². The maximum absolute atomic E-state index is 6.17. The van der Waals surface area contributed by atoms with Crippen molar-refractivity contribution in [2.45, 2.75) is 76.9 Å². The molecule has 0 amide bonds. The molecular weight excluding hydrogens is 222 g/mol. The zero-order valence-corrected chi connectivity index (χ0v) is 12.1. The van der Waals surface area contributed by atoms with E-state index < -0.39 is 0 Å². The summed E-state index contributed by atoms with van der Waals surface area (Å²) in [4.78, 5) is 0. The van der Waals surface area contributed by atoms with Gasteiger partial charge in [0, 0.05) is 6.61 Å². The Bertz CT molecular complexity index is 279.